The molecule has 9 heteroatoms. The zero-order chi connectivity index (χ0) is 17.2. The molecule has 4 aliphatic heterocycles. The minimum Gasteiger partial charge on any atom is -0.543 e. The van der Waals surface area contributed by atoms with Crippen molar-refractivity contribution in [3.63, 3.8) is 0 Å². The van der Waals surface area contributed by atoms with Crippen LogP contribution in [0.15, 0.2) is 15.6 Å². The fraction of sp³-hybridized carbons (Fsp3) is 0.667. The van der Waals surface area contributed by atoms with Gasteiger partial charge in [-0.1, -0.05) is 6.92 Å². The van der Waals surface area contributed by atoms with Crippen LogP contribution < -0.4 is 10.1 Å². The van der Waals surface area contributed by atoms with E-state index >= 15 is 0 Å². The largest absolute Gasteiger partial charge is 0.543 e. The van der Waals surface area contributed by atoms with Crippen molar-refractivity contribution in [3.8, 4) is 0 Å². The van der Waals surface area contributed by atoms with Crippen molar-refractivity contribution < 1.29 is 24.8 Å². The molecule has 1 amide bonds. The first-order chi connectivity index (χ1) is 11.4. The molecule has 24 heavy (non-hydrogen) atoms. The van der Waals surface area contributed by atoms with E-state index in [9.17, 15) is 19.8 Å². The van der Waals surface area contributed by atoms with Crippen molar-refractivity contribution in [1.82, 2.24) is 9.91 Å². The Hall–Kier alpha value is -1.58. The van der Waals surface area contributed by atoms with E-state index in [1.807, 2.05) is 13.3 Å². The predicted octanol–water partition coefficient (Wildman–Crippen LogP) is -2.98. The van der Waals surface area contributed by atoms with E-state index in [2.05, 4.69) is 10.0 Å². The van der Waals surface area contributed by atoms with Gasteiger partial charge in [0.05, 0.1) is 41.5 Å². The zero-order valence-electron chi connectivity index (χ0n) is 13.5. The summed E-state index contributed by atoms with van der Waals surface area (Å²) in [5.74, 6) is -2.25. The summed E-state index contributed by atoms with van der Waals surface area (Å²) in [4.78, 5) is 30.2. The van der Waals surface area contributed by atoms with Crippen LogP contribution in [-0.2, 0) is 9.59 Å². The summed E-state index contributed by atoms with van der Waals surface area (Å²) >= 11 is 1.54. The highest BCUT2D eigenvalue weighted by Crippen LogP contribution is 2.51. The number of hydrogen-bond donors (Lipinski definition) is 2. The van der Waals surface area contributed by atoms with Crippen molar-refractivity contribution in [3.05, 3.63) is 10.6 Å². The number of carbonyl (C=O) groups is 2. The lowest BCUT2D eigenvalue weighted by atomic mass is 9.79. The third-order valence-corrected chi connectivity index (χ3v) is 6.83. The van der Waals surface area contributed by atoms with Gasteiger partial charge in [0.1, 0.15) is 12.9 Å². The molecule has 0 aromatic heterocycles. The molecule has 2 N–H and O–H groups in total. The topological polar surface area (TPSA) is 101 Å². The molecule has 2 fully saturated rings. The van der Waals surface area contributed by atoms with Gasteiger partial charge in [0.25, 0.3) is 0 Å². The molecule has 0 radical (unpaired) electrons. The molecule has 0 aromatic rings. The van der Waals surface area contributed by atoms with Gasteiger partial charge in [0.2, 0.25) is 5.91 Å². The van der Waals surface area contributed by atoms with Gasteiger partial charge in [0, 0.05) is 10.8 Å². The highest BCUT2D eigenvalue weighted by molar-refractivity contribution is 8.03. The molecule has 4 aliphatic rings. The minimum atomic E-state index is -1.31. The second-order valence-electron chi connectivity index (χ2n) is 6.87. The lowest BCUT2D eigenvalue weighted by Gasteiger charge is -2.47. The van der Waals surface area contributed by atoms with Crippen molar-refractivity contribution in [2.24, 2.45) is 16.8 Å². The van der Waals surface area contributed by atoms with Crippen LogP contribution >= 0.6 is 11.8 Å². The Bertz CT molecular complexity index is 664. The van der Waals surface area contributed by atoms with Crippen LogP contribution in [0.3, 0.4) is 0 Å². The molecule has 2 saturated heterocycles. The van der Waals surface area contributed by atoms with Gasteiger partial charge in [-0.15, -0.1) is 11.8 Å². The molecule has 2 unspecified atom stereocenters. The van der Waals surface area contributed by atoms with Crippen molar-refractivity contribution in [2.45, 2.75) is 31.2 Å². The van der Waals surface area contributed by atoms with Gasteiger partial charge in [-0.05, 0) is 6.92 Å². The number of carboxylic acid groups (broad SMARTS) is 1. The summed E-state index contributed by atoms with van der Waals surface area (Å²) in [7, 11) is 0. The molecule has 0 saturated carbocycles. The second kappa shape index (κ2) is 5.47. The molecule has 4 rings (SSSR count). The lowest BCUT2D eigenvalue weighted by molar-refractivity contribution is -0.979. The Labute approximate surface area is 143 Å². The molecular weight excluding hydrogens is 332 g/mol. The number of carbonyl (C=O) groups excluding carboxylic acids is 2. The van der Waals surface area contributed by atoms with Crippen LogP contribution in [0.2, 0.25) is 0 Å². The van der Waals surface area contributed by atoms with Crippen molar-refractivity contribution >= 4 is 30.0 Å². The first-order valence-electron chi connectivity index (χ1n) is 8.14. The molecule has 4 heterocycles. The van der Waals surface area contributed by atoms with E-state index in [0.29, 0.717) is 4.91 Å². The standard InChI is InChI=1S/C15H20N4O4S/c1-7-11-10(8(2)20)14(21)19(11)12(15(22)23)13(7)24-9-3-17-5-16-6-18(17)4-9/h5,7-11,20H,3-4,6H2,1-2H3,(H,22,23)/t7-,8-,9?,10-,11-/m1/s1. The Morgan fingerprint density at radius 1 is 1.58 bits per heavy atom. The van der Waals surface area contributed by atoms with Gasteiger partial charge in [-0.2, -0.15) is 0 Å². The smallest absolute Gasteiger partial charge is 0.235 e. The second-order valence-corrected chi connectivity index (χ2v) is 8.22. The lowest BCUT2D eigenvalue weighted by Crippen LogP contribution is -3.14. The number of nitrogens with one attached hydrogen (secondary N) is 1. The molecule has 130 valence electrons. The number of thioether (sulfide) groups is 1. The number of carboxylic acids is 1. The fourth-order valence-corrected chi connectivity index (χ4v) is 5.77. The van der Waals surface area contributed by atoms with Crippen LogP contribution in [0.5, 0.6) is 0 Å². The van der Waals surface area contributed by atoms with Crippen molar-refractivity contribution in [1.29, 1.82) is 0 Å². The van der Waals surface area contributed by atoms with Gasteiger partial charge in [-0.3, -0.25) is 4.79 Å². The predicted molar refractivity (Wildman–Crippen MR) is 84.3 cm³/mol. The number of aliphatic hydroxyl groups excluding tert-OH is 1. The summed E-state index contributed by atoms with van der Waals surface area (Å²) in [5.41, 5.74) is 0.00475. The number of β-lactam (4-membered cyclic amide) rings is 1. The Morgan fingerprint density at radius 3 is 2.96 bits per heavy atom. The number of aliphatic hydroxyl groups is 1. The normalized spacial score (nSPS) is 38.5. The first-order valence-corrected chi connectivity index (χ1v) is 9.02. The first kappa shape index (κ1) is 15.9. The van der Waals surface area contributed by atoms with E-state index in [-0.39, 0.29) is 28.8 Å². The number of hydrogen-bond acceptors (Lipinski definition) is 7. The maximum Gasteiger partial charge on any atom is 0.235 e. The molecule has 6 atom stereocenters. The Morgan fingerprint density at radius 2 is 2.33 bits per heavy atom. The summed E-state index contributed by atoms with van der Waals surface area (Å²) in [6, 6.07) is -0.275. The number of amides is 1. The average molecular weight is 352 g/mol. The molecule has 0 aliphatic carbocycles. The molecular formula is C15H20N4O4S. The number of aliphatic imine (C=N–C) groups is 1. The number of aliphatic carboxylic acids is 1. The third-order valence-electron chi connectivity index (χ3n) is 5.36. The number of quaternary nitrogens is 1. The summed E-state index contributed by atoms with van der Waals surface area (Å²) in [5, 5.41) is 25.1. The SMILES string of the molecule is C[C@@H](O)[C@H]1C(=O)N2C(C(=O)[O-])=C(SC3CN4C=NC[NH+]4C3)[C@H](C)[C@H]12. The average Bonchev–Trinajstić information content (AvgIpc) is 3.12. The molecule has 0 aromatic carbocycles. The van der Waals surface area contributed by atoms with Crippen LogP contribution in [0.25, 0.3) is 0 Å². The van der Waals surface area contributed by atoms with Crippen LogP contribution in [-0.4, -0.2) is 70.4 Å². The van der Waals surface area contributed by atoms with Gasteiger partial charge in [0.15, 0.2) is 6.67 Å². The zero-order valence-corrected chi connectivity index (χ0v) is 14.3. The van der Waals surface area contributed by atoms with E-state index in [0.717, 1.165) is 19.8 Å². The quantitative estimate of drug-likeness (QED) is 0.524. The van der Waals surface area contributed by atoms with E-state index in [4.69, 9.17) is 0 Å². The molecule has 0 bridgehead atoms. The van der Waals surface area contributed by atoms with Gasteiger partial charge < -0.3 is 19.9 Å². The fourth-order valence-electron chi connectivity index (χ4n) is 4.25. The maximum absolute atomic E-state index is 12.3. The van der Waals surface area contributed by atoms with Gasteiger partial charge >= 0.3 is 0 Å². The highest BCUT2D eigenvalue weighted by atomic mass is 32.2. The van der Waals surface area contributed by atoms with Crippen LogP contribution in [0.4, 0.5) is 0 Å². The third kappa shape index (κ3) is 2.11. The minimum absolute atomic E-state index is 0.00475. The van der Waals surface area contributed by atoms with Crippen LogP contribution in [0, 0.1) is 11.8 Å². The Balaban J connectivity index is 1.58. The highest BCUT2D eigenvalue weighted by Gasteiger charge is 2.59. The monoisotopic (exact) mass is 352 g/mol. The maximum atomic E-state index is 12.3. The molecule has 8 nitrogen and oxygen atoms in total. The van der Waals surface area contributed by atoms with Crippen LogP contribution in [0.1, 0.15) is 13.8 Å². The van der Waals surface area contributed by atoms with Crippen molar-refractivity contribution in [2.75, 3.05) is 19.8 Å². The summed E-state index contributed by atoms with van der Waals surface area (Å²) < 4.78 is 0. The number of nitrogens with zero attached hydrogens (tertiary/aromatic N) is 3. The Kier molecular flexibility index (Phi) is 3.63. The van der Waals surface area contributed by atoms with E-state index in [1.165, 1.54) is 21.7 Å². The van der Waals surface area contributed by atoms with E-state index in [1.54, 1.807) is 6.92 Å². The van der Waals surface area contributed by atoms with Gasteiger partial charge in [-0.25, -0.2) is 15.0 Å². The number of rotatable bonds is 4. The number of fused-ring (bicyclic) bond motifs is 2. The summed E-state index contributed by atoms with van der Waals surface area (Å²) in [6.07, 6.45) is 1.06. The molecule has 0 spiro atoms. The summed E-state index contributed by atoms with van der Waals surface area (Å²) in [6.45, 7) is 5.91. The van der Waals surface area contributed by atoms with E-state index < -0.39 is 18.0 Å².